The molecular weight excluding hydrogens is 414 g/mol. The van der Waals surface area contributed by atoms with Crippen LogP contribution in [0.4, 0.5) is 0 Å². The number of hydrogen-bond acceptors (Lipinski definition) is 6. The topological polar surface area (TPSA) is 110 Å². The van der Waals surface area contributed by atoms with Crippen LogP contribution in [0.5, 0.6) is 5.75 Å². The standard InChI is InChI=1S/C19H23N3O5S2/c1-21(12-14-5-4-10-28-14)18(23)13-27-17-7-6-15(11-16(17)19(20)24)29(25,26)22-8-2-3-9-22/h4-7,10-11H,2-3,8-9,12-13H2,1H3,(H2,20,24). The van der Waals surface area contributed by atoms with E-state index < -0.39 is 15.9 Å². The Morgan fingerprint density at radius 3 is 2.59 bits per heavy atom. The quantitative estimate of drug-likeness (QED) is 0.675. The summed E-state index contributed by atoms with van der Waals surface area (Å²) in [6, 6.07) is 7.79. The number of primary amides is 1. The molecule has 1 aliphatic heterocycles. The molecule has 2 heterocycles. The van der Waals surface area contributed by atoms with Crippen LogP contribution in [0.15, 0.2) is 40.6 Å². The van der Waals surface area contributed by atoms with Crippen molar-refractivity contribution in [2.45, 2.75) is 24.3 Å². The molecule has 3 rings (SSSR count). The summed E-state index contributed by atoms with van der Waals surface area (Å²) in [6.45, 7) is 1.07. The Labute approximate surface area is 173 Å². The van der Waals surface area contributed by atoms with Gasteiger partial charge in [-0.3, -0.25) is 9.59 Å². The number of ether oxygens (including phenoxy) is 1. The molecular formula is C19H23N3O5S2. The Morgan fingerprint density at radius 2 is 1.97 bits per heavy atom. The summed E-state index contributed by atoms with van der Waals surface area (Å²) in [6.07, 6.45) is 1.62. The van der Waals surface area contributed by atoms with E-state index >= 15 is 0 Å². The van der Waals surface area contributed by atoms with Crippen LogP contribution in [0, 0.1) is 0 Å². The first-order valence-corrected chi connectivity index (χ1v) is 11.4. The third kappa shape index (κ3) is 4.95. The van der Waals surface area contributed by atoms with Gasteiger partial charge < -0.3 is 15.4 Å². The molecule has 8 nitrogen and oxygen atoms in total. The van der Waals surface area contributed by atoms with Crippen LogP contribution in [0.1, 0.15) is 28.1 Å². The average molecular weight is 438 g/mol. The molecule has 2 N–H and O–H groups in total. The van der Waals surface area contributed by atoms with Gasteiger partial charge in [0.1, 0.15) is 5.75 Å². The zero-order valence-corrected chi connectivity index (χ0v) is 17.7. The predicted molar refractivity (Wildman–Crippen MR) is 109 cm³/mol. The van der Waals surface area contributed by atoms with Gasteiger partial charge in [0.2, 0.25) is 10.0 Å². The summed E-state index contributed by atoms with van der Waals surface area (Å²) in [4.78, 5) is 26.7. The zero-order valence-electron chi connectivity index (χ0n) is 16.0. The summed E-state index contributed by atoms with van der Waals surface area (Å²) in [5.74, 6) is -1.02. The van der Waals surface area contributed by atoms with Gasteiger partial charge in [0.25, 0.3) is 11.8 Å². The number of amides is 2. The molecule has 10 heteroatoms. The highest BCUT2D eigenvalue weighted by Crippen LogP contribution is 2.26. The Kier molecular flexibility index (Phi) is 6.56. The highest BCUT2D eigenvalue weighted by atomic mass is 32.2. The molecule has 1 aromatic carbocycles. The van der Waals surface area contributed by atoms with E-state index in [1.807, 2.05) is 17.5 Å². The molecule has 0 bridgehead atoms. The lowest BCUT2D eigenvalue weighted by Gasteiger charge is -2.18. The van der Waals surface area contributed by atoms with Crippen molar-refractivity contribution in [1.82, 2.24) is 9.21 Å². The van der Waals surface area contributed by atoms with Crippen LogP contribution >= 0.6 is 11.3 Å². The van der Waals surface area contributed by atoms with Crippen LogP contribution in [0.25, 0.3) is 0 Å². The van der Waals surface area contributed by atoms with Gasteiger partial charge >= 0.3 is 0 Å². The first-order valence-electron chi connectivity index (χ1n) is 9.12. The molecule has 0 atom stereocenters. The normalized spacial score (nSPS) is 14.7. The zero-order chi connectivity index (χ0) is 21.0. The molecule has 0 saturated carbocycles. The lowest BCUT2D eigenvalue weighted by atomic mass is 10.2. The van der Waals surface area contributed by atoms with Gasteiger partial charge in [0.05, 0.1) is 17.0 Å². The summed E-state index contributed by atoms with van der Waals surface area (Å²) in [5.41, 5.74) is 5.35. The van der Waals surface area contributed by atoms with Crippen molar-refractivity contribution in [3.63, 3.8) is 0 Å². The van der Waals surface area contributed by atoms with Crippen LogP contribution in [-0.4, -0.2) is 56.2 Å². The maximum atomic E-state index is 12.7. The van der Waals surface area contributed by atoms with E-state index in [2.05, 4.69) is 0 Å². The minimum atomic E-state index is -3.69. The van der Waals surface area contributed by atoms with E-state index in [1.165, 1.54) is 27.4 Å². The highest BCUT2D eigenvalue weighted by molar-refractivity contribution is 7.89. The van der Waals surface area contributed by atoms with Gasteiger partial charge in [0, 0.05) is 25.0 Å². The Morgan fingerprint density at radius 1 is 1.24 bits per heavy atom. The molecule has 0 unspecified atom stereocenters. The van der Waals surface area contributed by atoms with Crippen LogP contribution < -0.4 is 10.5 Å². The number of sulfonamides is 1. The van der Waals surface area contributed by atoms with Crippen LogP contribution in [0.2, 0.25) is 0 Å². The molecule has 1 fully saturated rings. The Bertz CT molecular complexity index is 983. The molecule has 29 heavy (non-hydrogen) atoms. The fourth-order valence-electron chi connectivity index (χ4n) is 3.04. The average Bonchev–Trinajstić information content (AvgIpc) is 3.40. The van der Waals surface area contributed by atoms with E-state index in [1.54, 1.807) is 18.4 Å². The van der Waals surface area contributed by atoms with Gasteiger partial charge in [-0.1, -0.05) is 6.07 Å². The summed E-state index contributed by atoms with van der Waals surface area (Å²) >= 11 is 1.55. The van der Waals surface area contributed by atoms with E-state index in [0.29, 0.717) is 19.6 Å². The fourth-order valence-corrected chi connectivity index (χ4v) is 5.34. The molecule has 0 spiro atoms. The van der Waals surface area contributed by atoms with Gasteiger partial charge in [-0.15, -0.1) is 11.3 Å². The number of nitrogens with two attached hydrogens (primary N) is 1. The highest BCUT2D eigenvalue weighted by Gasteiger charge is 2.28. The summed E-state index contributed by atoms with van der Waals surface area (Å²) < 4.78 is 32.3. The van der Waals surface area contributed by atoms with Gasteiger partial charge in [-0.25, -0.2) is 8.42 Å². The molecule has 1 aromatic heterocycles. The van der Waals surface area contributed by atoms with Crippen LogP contribution in [-0.2, 0) is 21.4 Å². The predicted octanol–water partition coefficient (Wildman–Crippen LogP) is 1.67. The molecule has 1 aliphatic rings. The molecule has 1 saturated heterocycles. The second kappa shape index (κ2) is 8.93. The summed E-state index contributed by atoms with van der Waals surface area (Å²) in [5, 5.41) is 1.93. The second-order valence-electron chi connectivity index (χ2n) is 6.75. The SMILES string of the molecule is CN(Cc1cccs1)C(=O)COc1ccc(S(=O)(=O)N2CCCC2)cc1C(N)=O. The lowest BCUT2D eigenvalue weighted by Crippen LogP contribution is -2.31. The van der Waals surface area contributed by atoms with Crippen LogP contribution in [0.3, 0.4) is 0 Å². The van der Waals surface area contributed by atoms with Crippen molar-refractivity contribution < 1.29 is 22.7 Å². The van der Waals surface area contributed by atoms with Gasteiger partial charge in [0.15, 0.2) is 6.61 Å². The number of benzene rings is 1. The van der Waals surface area contributed by atoms with E-state index in [0.717, 1.165) is 17.7 Å². The minimum Gasteiger partial charge on any atom is -0.483 e. The number of rotatable bonds is 8. The third-order valence-corrected chi connectivity index (χ3v) is 7.43. The molecule has 0 radical (unpaired) electrons. The number of carbonyl (C=O) groups excluding carboxylic acids is 2. The van der Waals surface area contributed by atoms with Crippen molar-refractivity contribution in [2.75, 3.05) is 26.7 Å². The number of carbonyl (C=O) groups is 2. The van der Waals surface area contributed by atoms with E-state index in [9.17, 15) is 18.0 Å². The monoisotopic (exact) mass is 437 g/mol. The Hall–Kier alpha value is -2.43. The molecule has 2 amide bonds. The van der Waals surface area contributed by atoms with Crippen molar-refractivity contribution in [3.05, 3.63) is 46.2 Å². The maximum absolute atomic E-state index is 12.7. The summed E-state index contributed by atoms with van der Waals surface area (Å²) in [7, 11) is -2.03. The lowest BCUT2D eigenvalue weighted by molar-refractivity contribution is -0.132. The molecule has 2 aromatic rings. The van der Waals surface area contributed by atoms with Crippen molar-refractivity contribution in [1.29, 1.82) is 0 Å². The largest absolute Gasteiger partial charge is 0.483 e. The first-order chi connectivity index (χ1) is 13.8. The third-order valence-electron chi connectivity index (χ3n) is 4.67. The van der Waals surface area contributed by atoms with E-state index in [4.69, 9.17) is 10.5 Å². The van der Waals surface area contributed by atoms with Gasteiger partial charge in [-0.05, 0) is 42.5 Å². The van der Waals surface area contributed by atoms with Gasteiger partial charge in [-0.2, -0.15) is 4.31 Å². The van der Waals surface area contributed by atoms with Crippen molar-refractivity contribution in [3.8, 4) is 5.75 Å². The molecule has 156 valence electrons. The fraction of sp³-hybridized carbons (Fsp3) is 0.368. The van der Waals surface area contributed by atoms with Crippen molar-refractivity contribution >= 4 is 33.2 Å². The minimum absolute atomic E-state index is 0.0123. The number of likely N-dealkylation sites (N-methyl/N-ethyl adjacent to an activating group) is 1. The maximum Gasteiger partial charge on any atom is 0.260 e. The van der Waals surface area contributed by atoms with E-state index in [-0.39, 0.29) is 28.7 Å². The first kappa shape index (κ1) is 21.3. The van der Waals surface area contributed by atoms with Crippen molar-refractivity contribution in [2.24, 2.45) is 5.73 Å². The smallest absolute Gasteiger partial charge is 0.260 e. The number of hydrogen-bond donors (Lipinski definition) is 1. The number of nitrogens with zero attached hydrogens (tertiary/aromatic N) is 2. The Balaban J connectivity index is 1.72. The number of thiophene rings is 1. The second-order valence-corrected chi connectivity index (χ2v) is 9.72. The molecule has 0 aliphatic carbocycles.